The lowest BCUT2D eigenvalue weighted by Crippen LogP contribution is -2.32. The molecule has 0 fully saturated rings. The number of nitrogens with one attached hydrogen (secondary N) is 1. The third kappa shape index (κ3) is 2.58. The molecule has 0 heterocycles. The quantitative estimate of drug-likeness (QED) is 0.567. The van der Waals surface area contributed by atoms with Crippen molar-refractivity contribution in [2.45, 2.75) is 6.04 Å². The SMILES string of the molecule is C=CC(C#N)NC(=O)c1ccccc1N. The van der Waals surface area contributed by atoms with E-state index in [4.69, 9.17) is 11.0 Å². The molecule has 0 saturated heterocycles. The number of amides is 1. The second-order valence-electron chi connectivity index (χ2n) is 2.90. The number of anilines is 1. The van der Waals surface area contributed by atoms with Gasteiger partial charge in [0.2, 0.25) is 0 Å². The zero-order valence-corrected chi connectivity index (χ0v) is 8.10. The first-order chi connectivity index (χ1) is 7.19. The van der Waals surface area contributed by atoms with Crippen LogP contribution in [0.2, 0.25) is 0 Å². The van der Waals surface area contributed by atoms with Crippen molar-refractivity contribution in [3.8, 4) is 6.07 Å². The van der Waals surface area contributed by atoms with E-state index in [9.17, 15) is 4.79 Å². The molecule has 1 atom stereocenters. The minimum absolute atomic E-state index is 0.361. The number of rotatable bonds is 3. The third-order valence-corrected chi connectivity index (χ3v) is 1.87. The Morgan fingerprint density at radius 3 is 2.80 bits per heavy atom. The minimum Gasteiger partial charge on any atom is -0.398 e. The van der Waals surface area contributed by atoms with Crippen LogP contribution < -0.4 is 11.1 Å². The summed E-state index contributed by atoms with van der Waals surface area (Å²) in [6.07, 6.45) is 1.36. The minimum atomic E-state index is -0.697. The van der Waals surface area contributed by atoms with Gasteiger partial charge in [-0.2, -0.15) is 5.26 Å². The van der Waals surface area contributed by atoms with Gasteiger partial charge in [0.1, 0.15) is 6.04 Å². The molecule has 0 spiro atoms. The van der Waals surface area contributed by atoms with Gasteiger partial charge in [-0.15, -0.1) is 0 Å². The van der Waals surface area contributed by atoms with Gasteiger partial charge in [-0.25, -0.2) is 0 Å². The Kier molecular flexibility index (Phi) is 3.47. The molecule has 1 rings (SSSR count). The van der Waals surface area contributed by atoms with Gasteiger partial charge >= 0.3 is 0 Å². The summed E-state index contributed by atoms with van der Waals surface area (Å²) in [5.41, 5.74) is 6.36. The van der Waals surface area contributed by atoms with Crippen molar-refractivity contribution in [3.63, 3.8) is 0 Å². The molecule has 3 N–H and O–H groups in total. The van der Waals surface area contributed by atoms with E-state index in [0.29, 0.717) is 11.3 Å². The van der Waals surface area contributed by atoms with Gasteiger partial charge in [0.15, 0.2) is 0 Å². The third-order valence-electron chi connectivity index (χ3n) is 1.87. The van der Waals surface area contributed by atoms with Crippen molar-refractivity contribution in [1.29, 1.82) is 5.26 Å². The number of carbonyl (C=O) groups is 1. The zero-order chi connectivity index (χ0) is 11.3. The Morgan fingerprint density at radius 1 is 1.60 bits per heavy atom. The van der Waals surface area contributed by atoms with Gasteiger partial charge in [0.05, 0.1) is 11.6 Å². The molecule has 0 aliphatic carbocycles. The van der Waals surface area contributed by atoms with Crippen LogP contribution in [0.4, 0.5) is 5.69 Å². The fourth-order valence-electron chi connectivity index (χ4n) is 1.07. The maximum absolute atomic E-state index is 11.6. The molecule has 0 bridgehead atoms. The number of nitrogens with two attached hydrogens (primary N) is 1. The predicted octanol–water partition coefficient (Wildman–Crippen LogP) is 1.08. The number of para-hydroxylation sites is 1. The average Bonchev–Trinajstić information content (AvgIpc) is 2.26. The largest absolute Gasteiger partial charge is 0.398 e. The molecule has 1 amide bonds. The second-order valence-corrected chi connectivity index (χ2v) is 2.90. The summed E-state index contributed by atoms with van der Waals surface area (Å²) in [4.78, 5) is 11.6. The summed E-state index contributed by atoms with van der Waals surface area (Å²) in [7, 11) is 0. The Hall–Kier alpha value is -2.28. The Bertz CT molecular complexity index is 420. The van der Waals surface area contributed by atoms with Crippen molar-refractivity contribution in [2.75, 3.05) is 5.73 Å². The van der Waals surface area contributed by atoms with Crippen molar-refractivity contribution in [1.82, 2.24) is 5.32 Å². The Morgan fingerprint density at radius 2 is 2.27 bits per heavy atom. The van der Waals surface area contributed by atoms with Crippen LogP contribution in [0.3, 0.4) is 0 Å². The Balaban J connectivity index is 2.83. The van der Waals surface area contributed by atoms with Gasteiger partial charge in [0, 0.05) is 5.69 Å². The number of benzene rings is 1. The molecule has 0 radical (unpaired) electrons. The molecule has 76 valence electrons. The molecule has 0 aromatic heterocycles. The van der Waals surface area contributed by atoms with E-state index in [1.165, 1.54) is 6.08 Å². The first kappa shape index (κ1) is 10.8. The second kappa shape index (κ2) is 4.82. The molecule has 0 aliphatic heterocycles. The smallest absolute Gasteiger partial charge is 0.254 e. The average molecular weight is 201 g/mol. The first-order valence-electron chi connectivity index (χ1n) is 4.36. The highest BCUT2D eigenvalue weighted by molar-refractivity contribution is 5.99. The normalized spacial score (nSPS) is 11.1. The fourth-order valence-corrected chi connectivity index (χ4v) is 1.07. The lowest BCUT2D eigenvalue weighted by molar-refractivity contribution is 0.0952. The zero-order valence-electron chi connectivity index (χ0n) is 8.10. The molecular formula is C11H11N3O. The van der Waals surface area contributed by atoms with E-state index in [-0.39, 0.29) is 5.91 Å². The van der Waals surface area contributed by atoms with E-state index in [2.05, 4.69) is 11.9 Å². The molecule has 1 aromatic rings. The monoisotopic (exact) mass is 201 g/mol. The number of hydrogen-bond acceptors (Lipinski definition) is 3. The predicted molar refractivity (Wildman–Crippen MR) is 57.9 cm³/mol. The van der Waals surface area contributed by atoms with E-state index < -0.39 is 6.04 Å². The number of carbonyl (C=O) groups excluding carboxylic acids is 1. The Labute approximate surface area is 88.0 Å². The summed E-state index contributed by atoms with van der Waals surface area (Å²) in [6, 6.07) is 7.86. The highest BCUT2D eigenvalue weighted by Gasteiger charge is 2.11. The maximum atomic E-state index is 11.6. The number of hydrogen-bond donors (Lipinski definition) is 2. The van der Waals surface area contributed by atoms with E-state index in [1.807, 2.05) is 6.07 Å². The number of nitrogens with zero attached hydrogens (tertiary/aromatic N) is 1. The van der Waals surface area contributed by atoms with Gasteiger partial charge in [0.25, 0.3) is 5.91 Å². The van der Waals surface area contributed by atoms with Crippen LogP contribution in [-0.2, 0) is 0 Å². The summed E-state index contributed by atoms with van der Waals surface area (Å²) in [5, 5.41) is 11.1. The van der Waals surface area contributed by atoms with E-state index in [0.717, 1.165) is 0 Å². The summed E-state index contributed by atoms with van der Waals surface area (Å²) < 4.78 is 0. The van der Waals surface area contributed by atoms with Gasteiger partial charge < -0.3 is 11.1 Å². The highest BCUT2D eigenvalue weighted by atomic mass is 16.1. The summed E-state index contributed by atoms with van der Waals surface area (Å²) >= 11 is 0. The van der Waals surface area contributed by atoms with Crippen LogP contribution in [0, 0.1) is 11.3 Å². The molecule has 0 aliphatic rings. The van der Waals surface area contributed by atoms with Crippen molar-refractivity contribution >= 4 is 11.6 Å². The molecule has 1 aromatic carbocycles. The fraction of sp³-hybridized carbons (Fsp3) is 0.0909. The van der Waals surface area contributed by atoms with Crippen LogP contribution in [-0.4, -0.2) is 11.9 Å². The lowest BCUT2D eigenvalue weighted by atomic mass is 10.1. The van der Waals surface area contributed by atoms with Crippen molar-refractivity contribution < 1.29 is 4.79 Å². The lowest BCUT2D eigenvalue weighted by Gasteiger charge is -2.08. The summed E-state index contributed by atoms with van der Waals surface area (Å²) in [5.74, 6) is -0.375. The topological polar surface area (TPSA) is 78.9 Å². The van der Waals surface area contributed by atoms with Crippen LogP contribution in [0.5, 0.6) is 0 Å². The molecular weight excluding hydrogens is 190 g/mol. The molecule has 15 heavy (non-hydrogen) atoms. The standard InChI is InChI=1S/C11H11N3O/c1-2-8(7-12)14-11(15)9-5-3-4-6-10(9)13/h2-6,8H,1,13H2,(H,14,15). The van der Waals surface area contributed by atoms with Crippen LogP contribution >= 0.6 is 0 Å². The van der Waals surface area contributed by atoms with Crippen molar-refractivity contribution in [2.24, 2.45) is 0 Å². The van der Waals surface area contributed by atoms with Gasteiger partial charge in [-0.3, -0.25) is 4.79 Å². The highest BCUT2D eigenvalue weighted by Crippen LogP contribution is 2.10. The van der Waals surface area contributed by atoms with Crippen LogP contribution in [0.1, 0.15) is 10.4 Å². The molecule has 4 heteroatoms. The van der Waals surface area contributed by atoms with E-state index >= 15 is 0 Å². The molecule has 0 saturated carbocycles. The maximum Gasteiger partial charge on any atom is 0.254 e. The molecule has 1 unspecified atom stereocenters. The van der Waals surface area contributed by atoms with Crippen LogP contribution in [0.15, 0.2) is 36.9 Å². The molecule has 4 nitrogen and oxygen atoms in total. The number of nitrogen functional groups attached to an aromatic ring is 1. The first-order valence-corrected chi connectivity index (χ1v) is 4.36. The van der Waals surface area contributed by atoms with Gasteiger partial charge in [-0.05, 0) is 12.1 Å². The summed E-state index contributed by atoms with van der Waals surface area (Å²) in [6.45, 7) is 3.43. The van der Waals surface area contributed by atoms with Crippen molar-refractivity contribution in [3.05, 3.63) is 42.5 Å². The van der Waals surface area contributed by atoms with Gasteiger partial charge in [-0.1, -0.05) is 24.8 Å². The van der Waals surface area contributed by atoms with E-state index in [1.54, 1.807) is 24.3 Å². The number of nitriles is 1. The van der Waals surface area contributed by atoms with Crippen LogP contribution in [0.25, 0.3) is 0 Å².